The highest BCUT2D eigenvalue weighted by atomic mass is 16.5. The molecule has 2 aromatic rings. The monoisotopic (exact) mass is 381 g/mol. The molecule has 4 rings (SSSR count). The van der Waals surface area contributed by atoms with Crippen molar-refractivity contribution < 1.29 is 4.74 Å². The summed E-state index contributed by atoms with van der Waals surface area (Å²) in [5, 5.41) is 11.7. The van der Waals surface area contributed by atoms with Crippen molar-refractivity contribution in [2.75, 3.05) is 7.05 Å². The fourth-order valence-corrected chi connectivity index (χ4v) is 4.68. The van der Waals surface area contributed by atoms with E-state index in [2.05, 4.69) is 58.8 Å². The van der Waals surface area contributed by atoms with E-state index in [0.717, 1.165) is 36.7 Å². The van der Waals surface area contributed by atoms with Gasteiger partial charge in [-0.25, -0.2) is 0 Å². The zero-order valence-electron chi connectivity index (χ0n) is 17.4. The molecule has 28 heavy (non-hydrogen) atoms. The standard InChI is InChI=1S/C22H31N5O/c1-15-18(16(2)27(4)26-15)14-24-21(23-3)25-19-13-22(11-7-8-12-22)28-20-10-6-5-9-17(19)20/h5-6,9-10,19H,7-8,11-14H2,1-4H3,(H2,23,24,25). The number of benzene rings is 1. The lowest BCUT2D eigenvalue weighted by molar-refractivity contribution is 0.0396. The van der Waals surface area contributed by atoms with Crippen molar-refractivity contribution in [2.45, 2.75) is 64.1 Å². The van der Waals surface area contributed by atoms with Gasteiger partial charge in [0.05, 0.1) is 11.7 Å². The van der Waals surface area contributed by atoms with Crippen molar-refractivity contribution in [1.29, 1.82) is 0 Å². The Kier molecular flexibility index (Phi) is 5.04. The molecule has 6 heteroatoms. The van der Waals surface area contributed by atoms with Crippen molar-refractivity contribution in [3.63, 3.8) is 0 Å². The first-order valence-corrected chi connectivity index (χ1v) is 10.3. The summed E-state index contributed by atoms with van der Waals surface area (Å²) in [7, 11) is 3.81. The molecule has 6 nitrogen and oxygen atoms in total. The number of aryl methyl sites for hydroxylation is 2. The van der Waals surface area contributed by atoms with Gasteiger partial charge in [0.25, 0.3) is 0 Å². The topological polar surface area (TPSA) is 63.5 Å². The minimum atomic E-state index is -0.0264. The van der Waals surface area contributed by atoms with Crippen LogP contribution in [0.3, 0.4) is 0 Å². The van der Waals surface area contributed by atoms with Gasteiger partial charge in [-0.05, 0) is 45.6 Å². The molecule has 1 saturated carbocycles. The number of hydrogen-bond acceptors (Lipinski definition) is 3. The quantitative estimate of drug-likeness (QED) is 0.631. The van der Waals surface area contributed by atoms with Crippen molar-refractivity contribution >= 4 is 5.96 Å². The lowest BCUT2D eigenvalue weighted by atomic mass is 9.86. The van der Waals surface area contributed by atoms with E-state index in [9.17, 15) is 0 Å². The maximum absolute atomic E-state index is 6.48. The van der Waals surface area contributed by atoms with E-state index >= 15 is 0 Å². The molecule has 1 aromatic heterocycles. The first-order valence-electron chi connectivity index (χ1n) is 10.3. The average molecular weight is 382 g/mol. The first kappa shape index (κ1) is 18.8. The molecule has 0 amide bonds. The summed E-state index contributed by atoms with van der Waals surface area (Å²) in [6, 6.07) is 8.61. The van der Waals surface area contributed by atoms with Crippen molar-refractivity contribution in [3.8, 4) is 5.75 Å². The summed E-state index contributed by atoms with van der Waals surface area (Å²) in [5.74, 6) is 1.83. The minimum absolute atomic E-state index is 0.0264. The van der Waals surface area contributed by atoms with Crippen LogP contribution in [0.15, 0.2) is 29.3 Å². The Morgan fingerprint density at radius 3 is 2.71 bits per heavy atom. The first-order chi connectivity index (χ1) is 13.5. The Hall–Kier alpha value is -2.50. The van der Waals surface area contributed by atoms with E-state index in [4.69, 9.17) is 4.74 Å². The SMILES string of the molecule is CN=C(NCc1c(C)nn(C)c1C)NC1CC2(CCCC2)Oc2ccccc21. The highest BCUT2D eigenvalue weighted by Gasteiger charge is 2.43. The van der Waals surface area contributed by atoms with Crippen LogP contribution in [-0.4, -0.2) is 28.4 Å². The summed E-state index contributed by atoms with van der Waals surface area (Å²) >= 11 is 0. The summed E-state index contributed by atoms with van der Waals surface area (Å²) in [4.78, 5) is 4.48. The number of nitrogens with zero attached hydrogens (tertiary/aromatic N) is 3. The fraction of sp³-hybridized carbons (Fsp3) is 0.545. The molecule has 0 saturated heterocycles. The summed E-state index contributed by atoms with van der Waals surface area (Å²) < 4.78 is 8.41. The largest absolute Gasteiger partial charge is 0.487 e. The number of ether oxygens (including phenoxy) is 1. The second kappa shape index (κ2) is 7.49. The number of para-hydroxylation sites is 1. The molecule has 1 aliphatic carbocycles. The van der Waals surface area contributed by atoms with Crippen molar-refractivity contribution in [3.05, 3.63) is 46.8 Å². The molecule has 2 aliphatic rings. The highest BCUT2D eigenvalue weighted by Crippen LogP contribution is 2.46. The van der Waals surface area contributed by atoms with Gasteiger partial charge in [-0.3, -0.25) is 9.67 Å². The van der Waals surface area contributed by atoms with Gasteiger partial charge in [0.15, 0.2) is 5.96 Å². The molecular weight excluding hydrogens is 350 g/mol. The van der Waals surface area contributed by atoms with Crippen LogP contribution in [0.4, 0.5) is 0 Å². The van der Waals surface area contributed by atoms with E-state index < -0.39 is 0 Å². The zero-order valence-corrected chi connectivity index (χ0v) is 17.4. The Morgan fingerprint density at radius 2 is 2.04 bits per heavy atom. The lowest BCUT2D eigenvalue weighted by Crippen LogP contribution is -2.46. The highest BCUT2D eigenvalue weighted by molar-refractivity contribution is 5.80. The predicted molar refractivity (Wildman–Crippen MR) is 112 cm³/mol. The minimum Gasteiger partial charge on any atom is -0.487 e. The van der Waals surface area contributed by atoms with E-state index in [0.29, 0.717) is 6.54 Å². The lowest BCUT2D eigenvalue weighted by Gasteiger charge is -2.40. The molecule has 150 valence electrons. The number of aliphatic imine (C=N–C) groups is 1. The van der Waals surface area contributed by atoms with Crippen LogP contribution >= 0.6 is 0 Å². The molecule has 1 unspecified atom stereocenters. The second-order valence-electron chi connectivity index (χ2n) is 8.13. The summed E-state index contributed by atoms with van der Waals surface area (Å²) in [6.07, 6.45) is 5.76. The Labute approximate surface area is 167 Å². The van der Waals surface area contributed by atoms with Crippen LogP contribution < -0.4 is 15.4 Å². The van der Waals surface area contributed by atoms with Gasteiger partial charge in [-0.15, -0.1) is 0 Å². The molecule has 2 N–H and O–H groups in total. The van der Waals surface area contributed by atoms with Gasteiger partial charge in [-0.1, -0.05) is 18.2 Å². The van der Waals surface area contributed by atoms with Crippen LogP contribution in [0.25, 0.3) is 0 Å². The molecule has 1 aliphatic heterocycles. The van der Waals surface area contributed by atoms with E-state index in [1.54, 1.807) is 0 Å². The second-order valence-corrected chi connectivity index (χ2v) is 8.13. The average Bonchev–Trinajstić information content (AvgIpc) is 3.23. The van der Waals surface area contributed by atoms with Gasteiger partial charge < -0.3 is 15.4 Å². The molecule has 2 heterocycles. The number of rotatable bonds is 3. The Morgan fingerprint density at radius 1 is 1.29 bits per heavy atom. The van der Waals surface area contributed by atoms with Crippen molar-refractivity contribution in [2.24, 2.45) is 12.0 Å². The van der Waals surface area contributed by atoms with Gasteiger partial charge in [0.1, 0.15) is 11.4 Å². The molecule has 1 aromatic carbocycles. The third-order valence-electron chi connectivity index (χ3n) is 6.34. The number of nitrogens with one attached hydrogen (secondary N) is 2. The Bertz CT molecular complexity index is 879. The number of fused-ring (bicyclic) bond motifs is 1. The van der Waals surface area contributed by atoms with E-state index in [1.165, 1.54) is 29.7 Å². The van der Waals surface area contributed by atoms with Gasteiger partial charge in [0.2, 0.25) is 0 Å². The van der Waals surface area contributed by atoms with Gasteiger partial charge in [0, 0.05) is 43.9 Å². The van der Waals surface area contributed by atoms with E-state index in [-0.39, 0.29) is 11.6 Å². The predicted octanol–water partition coefficient (Wildman–Crippen LogP) is 3.54. The zero-order chi connectivity index (χ0) is 19.7. The van der Waals surface area contributed by atoms with Crippen molar-refractivity contribution in [1.82, 2.24) is 20.4 Å². The number of hydrogen-bond donors (Lipinski definition) is 2. The molecule has 1 fully saturated rings. The van der Waals surface area contributed by atoms with Crippen LogP contribution in [0.5, 0.6) is 5.75 Å². The van der Waals surface area contributed by atoms with E-state index in [1.807, 2.05) is 18.8 Å². The number of guanidine groups is 1. The van der Waals surface area contributed by atoms with Crippen LogP contribution in [0, 0.1) is 13.8 Å². The normalized spacial score (nSPS) is 20.7. The van der Waals surface area contributed by atoms with Crippen LogP contribution in [-0.2, 0) is 13.6 Å². The molecule has 1 spiro atoms. The van der Waals surface area contributed by atoms with Crippen LogP contribution in [0.2, 0.25) is 0 Å². The fourth-order valence-electron chi connectivity index (χ4n) is 4.68. The molecule has 0 bridgehead atoms. The van der Waals surface area contributed by atoms with Gasteiger partial charge >= 0.3 is 0 Å². The van der Waals surface area contributed by atoms with Crippen LogP contribution in [0.1, 0.15) is 60.7 Å². The molecule has 0 radical (unpaired) electrons. The Balaban J connectivity index is 1.51. The molecular formula is C22H31N5O. The van der Waals surface area contributed by atoms with Gasteiger partial charge in [-0.2, -0.15) is 5.10 Å². The number of aromatic nitrogens is 2. The third-order valence-corrected chi connectivity index (χ3v) is 6.34. The summed E-state index contributed by atoms with van der Waals surface area (Å²) in [6.45, 7) is 4.87. The molecule has 1 atom stereocenters. The third kappa shape index (κ3) is 3.48. The maximum Gasteiger partial charge on any atom is 0.191 e. The summed E-state index contributed by atoms with van der Waals surface area (Å²) in [5.41, 5.74) is 4.66. The smallest absolute Gasteiger partial charge is 0.191 e. The maximum atomic E-state index is 6.48.